The van der Waals surface area contributed by atoms with E-state index >= 15 is 0 Å². The lowest BCUT2D eigenvalue weighted by molar-refractivity contribution is -0.137. The second-order valence-corrected chi connectivity index (χ2v) is 8.02. The van der Waals surface area contributed by atoms with Gasteiger partial charge in [-0.2, -0.15) is 0 Å². The van der Waals surface area contributed by atoms with Crippen LogP contribution in [0.15, 0.2) is 0 Å². The van der Waals surface area contributed by atoms with Gasteiger partial charge >= 0.3 is 5.97 Å². The standard InChI is InChI=1S/C22H46N2O2/c1-2-3-4-5-6-7-8-9-10-11-12-13-14-15-16-17-18-20(23)21(24)19-22(25)26/h20-21H,2-19,23-24H2,1H3,(H,25,26). The highest BCUT2D eigenvalue weighted by Gasteiger charge is 2.15. The van der Waals surface area contributed by atoms with Crippen molar-refractivity contribution in [3.8, 4) is 0 Å². The van der Waals surface area contributed by atoms with E-state index in [-0.39, 0.29) is 12.5 Å². The summed E-state index contributed by atoms with van der Waals surface area (Å²) in [4.78, 5) is 10.6. The Balaban J connectivity index is 3.19. The largest absolute Gasteiger partial charge is 0.481 e. The summed E-state index contributed by atoms with van der Waals surface area (Å²) in [5, 5.41) is 8.71. The van der Waals surface area contributed by atoms with E-state index < -0.39 is 12.0 Å². The van der Waals surface area contributed by atoms with Crippen molar-refractivity contribution in [2.24, 2.45) is 11.5 Å². The monoisotopic (exact) mass is 370 g/mol. The predicted octanol–water partition coefficient (Wildman–Crippen LogP) is 5.77. The van der Waals surface area contributed by atoms with Crippen molar-refractivity contribution in [2.75, 3.05) is 0 Å². The molecule has 0 aliphatic carbocycles. The van der Waals surface area contributed by atoms with E-state index in [9.17, 15) is 4.79 Å². The van der Waals surface area contributed by atoms with E-state index in [1.807, 2.05) is 0 Å². The molecule has 5 N–H and O–H groups in total. The van der Waals surface area contributed by atoms with E-state index in [1.165, 1.54) is 96.3 Å². The van der Waals surface area contributed by atoms with Gasteiger partial charge in [0.1, 0.15) is 0 Å². The Morgan fingerprint density at radius 2 is 1.00 bits per heavy atom. The van der Waals surface area contributed by atoms with Crippen molar-refractivity contribution in [2.45, 2.75) is 135 Å². The number of aliphatic carboxylic acids is 1. The molecule has 0 saturated heterocycles. The van der Waals surface area contributed by atoms with Gasteiger partial charge in [0.2, 0.25) is 0 Å². The Labute approximate surface area is 162 Å². The highest BCUT2D eigenvalue weighted by molar-refractivity contribution is 5.67. The van der Waals surface area contributed by atoms with Gasteiger partial charge in [0.05, 0.1) is 6.42 Å². The fourth-order valence-electron chi connectivity index (χ4n) is 3.50. The zero-order chi connectivity index (χ0) is 19.5. The third-order valence-electron chi connectivity index (χ3n) is 5.35. The highest BCUT2D eigenvalue weighted by Crippen LogP contribution is 2.14. The lowest BCUT2D eigenvalue weighted by Gasteiger charge is -2.17. The number of carboxylic acid groups (broad SMARTS) is 1. The number of unbranched alkanes of at least 4 members (excludes halogenated alkanes) is 15. The Bertz CT molecular complexity index is 311. The van der Waals surface area contributed by atoms with Crippen LogP contribution in [0, 0.1) is 0 Å². The van der Waals surface area contributed by atoms with Crippen LogP contribution in [-0.2, 0) is 4.79 Å². The fourth-order valence-corrected chi connectivity index (χ4v) is 3.50. The molecule has 156 valence electrons. The summed E-state index contributed by atoms with van der Waals surface area (Å²) in [5.41, 5.74) is 11.7. The molecule has 2 unspecified atom stereocenters. The molecule has 2 atom stereocenters. The number of nitrogens with two attached hydrogens (primary N) is 2. The lowest BCUT2D eigenvalue weighted by atomic mass is 9.99. The molecule has 0 amide bonds. The molecule has 0 rings (SSSR count). The Morgan fingerprint density at radius 3 is 1.35 bits per heavy atom. The molecule has 0 spiro atoms. The van der Waals surface area contributed by atoms with Crippen molar-refractivity contribution >= 4 is 5.97 Å². The SMILES string of the molecule is CCCCCCCCCCCCCCCCCCC(N)C(N)CC(=O)O. The molecule has 0 bridgehead atoms. The summed E-state index contributed by atoms with van der Waals surface area (Å²) in [5.74, 6) is -0.861. The van der Waals surface area contributed by atoms with Gasteiger partial charge in [0.25, 0.3) is 0 Å². The zero-order valence-corrected chi connectivity index (χ0v) is 17.4. The third kappa shape index (κ3) is 18.2. The van der Waals surface area contributed by atoms with E-state index in [0.717, 1.165) is 12.8 Å². The second kappa shape index (κ2) is 19.2. The molecule has 0 aliphatic rings. The summed E-state index contributed by atoms with van der Waals surface area (Å²) < 4.78 is 0. The van der Waals surface area contributed by atoms with Gasteiger partial charge < -0.3 is 16.6 Å². The highest BCUT2D eigenvalue weighted by atomic mass is 16.4. The Morgan fingerprint density at radius 1 is 0.654 bits per heavy atom. The molecular formula is C22H46N2O2. The lowest BCUT2D eigenvalue weighted by Crippen LogP contribution is -2.42. The maximum Gasteiger partial charge on any atom is 0.304 e. The molecule has 0 aromatic heterocycles. The summed E-state index contributed by atoms with van der Waals surface area (Å²) in [6.45, 7) is 2.27. The minimum atomic E-state index is -0.861. The third-order valence-corrected chi connectivity index (χ3v) is 5.35. The van der Waals surface area contributed by atoms with Crippen molar-refractivity contribution < 1.29 is 9.90 Å². The van der Waals surface area contributed by atoms with Crippen LogP contribution in [0.25, 0.3) is 0 Å². The number of hydrogen-bond acceptors (Lipinski definition) is 3. The van der Waals surface area contributed by atoms with E-state index in [2.05, 4.69) is 6.92 Å². The van der Waals surface area contributed by atoms with Crippen LogP contribution in [0.2, 0.25) is 0 Å². The Hall–Kier alpha value is -0.610. The molecule has 0 aromatic carbocycles. The summed E-state index contributed by atoms with van der Waals surface area (Å²) in [7, 11) is 0. The van der Waals surface area contributed by atoms with Gasteiger partial charge in [-0.15, -0.1) is 0 Å². The maximum absolute atomic E-state index is 10.6. The van der Waals surface area contributed by atoms with Gasteiger partial charge in [-0.3, -0.25) is 4.79 Å². The van der Waals surface area contributed by atoms with E-state index in [4.69, 9.17) is 16.6 Å². The predicted molar refractivity (Wildman–Crippen MR) is 112 cm³/mol. The maximum atomic E-state index is 10.6. The number of hydrogen-bond donors (Lipinski definition) is 3. The van der Waals surface area contributed by atoms with Crippen LogP contribution >= 0.6 is 0 Å². The average molecular weight is 371 g/mol. The smallest absolute Gasteiger partial charge is 0.304 e. The van der Waals surface area contributed by atoms with E-state index in [1.54, 1.807) is 0 Å². The van der Waals surface area contributed by atoms with Crippen molar-refractivity contribution in [3.05, 3.63) is 0 Å². The van der Waals surface area contributed by atoms with Gasteiger partial charge in [0.15, 0.2) is 0 Å². The minimum Gasteiger partial charge on any atom is -0.481 e. The molecule has 0 aliphatic heterocycles. The molecule has 4 heteroatoms. The van der Waals surface area contributed by atoms with Crippen LogP contribution in [0.5, 0.6) is 0 Å². The molecule has 0 fully saturated rings. The number of rotatable bonds is 20. The number of carboxylic acids is 1. The van der Waals surface area contributed by atoms with Crippen molar-refractivity contribution in [1.82, 2.24) is 0 Å². The second-order valence-electron chi connectivity index (χ2n) is 8.02. The molecule has 0 aromatic rings. The summed E-state index contributed by atoms with van der Waals surface area (Å²) in [6.07, 6.45) is 22.5. The van der Waals surface area contributed by atoms with Crippen LogP contribution in [0.4, 0.5) is 0 Å². The minimum absolute atomic E-state index is 0.0278. The van der Waals surface area contributed by atoms with Crippen LogP contribution in [0.1, 0.15) is 122 Å². The first-order chi connectivity index (χ1) is 12.6. The topological polar surface area (TPSA) is 89.3 Å². The van der Waals surface area contributed by atoms with Crippen LogP contribution in [-0.4, -0.2) is 23.2 Å². The van der Waals surface area contributed by atoms with Crippen LogP contribution < -0.4 is 11.5 Å². The summed E-state index contributed by atoms with van der Waals surface area (Å²) >= 11 is 0. The van der Waals surface area contributed by atoms with E-state index in [0.29, 0.717) is 0 Å². The van der Waals surface area contributed by atoms with Gasteiger partial charge in [-0.1, -0.05) is 110 Å². The van der Waals surface area contributed by atoms with Crippen molar-refractivity contribution in [3.63, 3.8) is 0 Å². The summed E-state index contributed by atoms with van der Waals surface area (Å²) in [6, 6.07) is -0.596. The molecule has 0 heterocycles. The number of carbonyl (C=O) groups is 1. The Kier molecular flexibility index (Phi) is 18.7. The fraction of sp³-hybridized carbons (Fsp3) is 0.955. The van der Waals surface area contributed by atoms with Gasteiger partial charge in [-0.05, 0) is 6.42 Å². The van der Waals surface area contributed by atoms with Crippen LogP contribution in [0.3, 0.4) is 0 Å². The first-order valence-corrected chi connectivity index (χ1v) is 11.3. The zero-order valence-electron chi connectivity index (χ0n) is 17.4. The molecule has 0 radical (unpaired) electrons. The van der Waals surface area contributed by atoms with Gasteiger partial charge in [-0.25, -0.2) is 0 Å². The average Bonchev–Trinajstić information content (AvgIpc) is 2.60. The normalized spacial score (nSPS) is 13.7. The molecule has 26 heavy (non-hydrogen) atoms. The quantitative estimate of drug-likeness (QED) is 0.237. The van der Waals surface area contributed by atoms with Crippen molar-refractivity contribution in [1.29, 1.82) is 0 Å². The first-order valence-electron chi connectivity index (χ1n) is 11.3. The molecular weight excluding hydrogens is 324 g/mol. The van der Waals surface area contributed by atoms with Gasteiger partial charge in [0, 0.05) is 12.1 Å². The molecule has 4 nitrogen and oxygen atoms in total. The molecule has 0 saturated carbocycles. The first kappa shape index (κ1) is 25.4.